The molecule has 6 nitrogen and oxygen atoms in total. The second-order valence-corrected chi connectivity index (χ2v) is 9.34. The molecule has 2 aromatic rings. The van der Waals surface area contributed by atoms with Crippen molar-refractivity contribution in [1.29, 1.82) is 0 Å². The number of methoxy groups -OCH3 is 1. The molecule has 2 aromatic carbocycles. The first-order valence-corrected chi connectivity index (χ1v) is 10.5. The first-order chi connectivity index (χ1) is 13.8. The van der Waals surface area contributed by atoms with Crippen molar-refractivity contribution in [1.82, 2.24) is 5.32 Å². The van der Waals surface area contributed by atoms with Crippen LogP contribution in [0.15, 0.2) is 47.4 Å². The highest BCUT2D eigenvalue weighted by Gasteiger charge is 2.59. The molecule has 2 atom stereocenters. The lowest BCUT2D eigenvalue weighted by Gasteiger charge is -2.13. The van der Waals surface area contributed by atoms with Crippen molar-refractivity contribution in [2.24, 2.45) is 10.6 Å². The molecular weight excluding hydrogens is 421 g/mol. The summed E-state index contributed by atoms with van der Waals surface area (Å²) in [5, 5.41) is 7.88. The van der Waals surface area contributed by atoms with Crippen LogP contribution >= 0.6 is 0 Å². The first kappa shape index (κ1) is 22.1. The van der Waals surface area contributed by atoms with Gasteiger partial charge >= 0.3 is 6.18 Å². The second-order valence-electron chi connectivity index (χ2n) is 7.78. The van der Waals surface area contributed by atoms with E-state index in [1.807, 2.05) is 13.8 Å². The van der Waals surface area contributed by atoms with Gasteiger partial charge in [-0.3, -0.25) is 4.79 Å². The summed E-state index contributed by atoms with van der Waals surface area (Å²) in [6, 6.07) is 8.36. The predicted octanol–water partition coefficient (Wildman–Crippen LogP) is 3.28. The fourth-order valence-corrected chi connectivity index (χ4v) is 4.19. The highest BCUT2D eigenvalue weighted by Crippen LogP contribution is 2.58. The summed E-state index contributed by atoms with van der Waals surface area (Å²) in [5.41, 5.74) is -0.751. The Bertz CT molecular complexity index is 1080. The van der Waals surface area contributed by atoms with Crippen molar-refractivity contribution in [2.75, 3.05) is 7.11 Å². The number of rotatable bonds is 5. The molecule has 30 heavy (non-hydrogen) atoms. The van der Waals surface area contributed by atoms with Crippen LogP contribution in [0.4, 0.5) is 13.2 Å². The molecule has 162 valence electrons. The molecule has 0 aromatic heterocycles. The molecule has 1 aliphatic rings. The molecule has 1 aliphatic carbocycles. The van der Waals surface area contributed by atoms with Crippen LogP contribution in [0.2, 0.25) is 0 Å². The van der Waals surface area contributed by atoms with E-state index in [9.17, 15) is 26.4 Å². The third-order valence-corrected chi connectivity index (χ3v) is 6.38. The highest BCUT2D eigenvalue weighted by molar-refractivity contribution is 7.89. The number of nitrogens with one attached hydrogen (secondary N) is 1. The summed E-state index contributed by atoms with van der Waals surface area (Å²) in [4.78, 5) is 12.7. The molecule has 1 saturated carbocycles. The van der Waals surface area contributed by atoms with Gasteiger partial charge in [-0.25, -0.2) is 13.6 Å². The number of primary sulfonamides is 1. The summed E-state index contributed by atoms with van der Waals surface area (Å²) in [7, 11) is -2.55. The number of amides is 1. The molecule has 1 unspecified atom stereocenters. The zero-order valence-electron chi connectivity index (χ0n) is 16.4. The monoisotopic (exact) mass is 442 g/mol. The van der Waals surface area contributed by atoms with Crippen molar-refractivity contribution in [2.45, 2.75) is 36.9 Å². The van der Waals surface area contributed by atoms with Crippen LogP contribution in [0.3, 0.4) is 0 Å². The van der Waals surface area contributed by atoms with Crippen molar-refractivity contribution in [3.8, 4) is 5.75 Å². The largest absolute Gasteiger partial charge is 0.496 e. The number of nitrogens with two attached hydrogens (primary N) is 1. The summed E-state index contributed by atoms with van der Waals surface area (Å²) in [6.45, 7) is 3.80. The molecule has 0 aliphatic heterocycles. The minimum absolute atomic E-state index is 0.0287. The quantitative estimate of drug-likeness (QED) is 0.743. The molecule has 10 heteroatoms. The van der Waals surface area contributed by atoms with Crippen LogP contribution in [0.1, 0.15) is 41.3 Å². The first-order valence-electron chi connectivity index (χ1n) is 8.95. The number of benzene rings is 2. The summed E-state index contributed by atoms with van der Waals surface area (Å²) < 4.78 is 67.0. The number of sulfonamides is 1. The zero-order chi connectivity index (χ0) is 22.5. The average molecular weight is 442 g/mol. The number of halogens is 3. The lowest BCUT2D eigenvalue weighted by Crippen LogP contribution is -2.29. The Morgan fingerprint density at radius 3 is 2.23 bits per heavy atom. The van der Waals surface area contributed by atoms with E-state index in [1.54, 1.807) is 12.1 Å². The van der Waals surface area contributed by atoms with Gasteiger partial charge in [0, 0.05) is 12.0 Å². The Morgan fingerprint density at radius 1 is 1.13 bits per heavy atom. The summed E-state index contributed by atoms with van der Waals surface area (Å²) in [5.74, 6) is -0.791. The molecule has 1 fully saturated rings. The van der Waals surface area contributed by atoms with Crippen LogP contribution in [0.25, 0.3) is 0 Å². The normalized spacial score (nSPS) is 20.5. The number of hydrogen-bond acceptors (Lipinski definition) is 4. The van der Waals surface area contributed by atoms with E-state index >= 15 is 0 Å². The van der Waals surface area contributed by atoms with Gasteiger partial charge in [-0.05, 0) is 41.3 Å². The number of hydrogen-bond donors (Lipinski definition) is 2. The Labute approximate surface area is 172 Å². The van der Waals surface area contributed by atoms with E-state index in [0.29, 0.717) is 0 Å². The lowest BCUT2D eigenvalue weighted by molar-refractivity contribution is -0.137. The Morgan fingerprint density at radius 2 is 1.73 bits per heavy atom. The van der Waals surface area contributed by atoms with Gasteiger partial charge in [-0.2, -0.15) is 13.2 Å². The Kier molecular flexibility index (Phi) is 5.36. The van der Waals surface area contributed by atoms with Gasteiger partial charge in [0.1, 0.15) is 5.75 Å². The maximum Gasteiger partial charge on any atom is 0.416 e. The Hall–Kier alpha value is -2.59. The van der Waals surface area contributed by atoms with Gasteiger partial charge < -0.3 is 10.1 Å². The van der Waals surface area contributed by atoms with Gasteiger partial charge in [0.2, 0.25) is 10.0 Å². The minimum Gasteiger partial charge on any atom is -0.496 e. The van der Waals surface area contributed by atoms with E-state index in [2.05, 4.69) is 5.32 Å². The molecule has 3 rings (SSSR count). The van der Waals surface area contributed by atoms with Gasteiger partial charge in [0.25, 0.3) is 5.91 Å². The van der Waals surface area contributed by atoms with Crippen LogP contribution in [-0.4, -0.2) is 27.5 Å². The molecule has 0 bridgehead atoms. The average Bonchev–Trinajstić information content (AvgIpc) is 3.19. The minimum atomic E-state index is -4.59. The number of carbonyl (C=O) groups is 1. The molecule has 0 spiro atoms. The molecule has 3 N–H and O–H groups in total. The topological polar surface area (TPSA) is 98.5 Å². The van der Waals surface area contributed by atoms with Crippen LogP contribution in [0, 0.1) is 5.41 Å². The van der Waals surface area contributed by atoms with Gasteiger partial charge in [-0.1, -0.05) is 26.0 Å². The molecular formula is C20H21F3N2O4S. The molecule has 0 radical (unpaired) electrons. The number of alkyl halides is 3. The number of carbonyl (C=O) groups excluding carboxylic acids is 1. The standard InChI is InChI=1S/C20H21F3N2O4S/c1-19(2)16(11-4-7-13(8-5-11)30(24,27)28)17(19)25-18(26)14-10-12(20(21,22)23)6-9-15(14)29-3/h4-10,16-17H,1-3H3,(H,25,26)(H2,24,27,28)/t16-,17?/m0/s1. The van der Waals surface area contributed by atoms with Crippen molar-refractivity contribution in [3.05, 3.63) is 59.2 Å². The number of ether oxygens (including phenoxy) is 1. The SMILES string of the molecule is COc1ccc(C(F)(F)F)cc1C(=O)NC1[C@H](c2ccc(S(N)(=O)=O)cc2)C1(C)C. The van der Waals surface area contributed by atoms with Crippen LogP contribution in [0.5, 0.6) is 5.75 Å². The molecule has 0 heterocycles. The predicted molar refractivity (Wildman–Crippen MR) is 104 cm³/mol. The maximum atomic E-state index is 13.0. The van der Waals surface area contributed by atoms with Gasteiger partial charge in [-0.15, -0.1) is 0 Å². The molecule has 1 amide bonds. The third kappa shape index (κ3) is 4.15. The third-order valence-electron chi connectivity index (χ3n) is 5.45. The maximum absolute atomic E-state index is 13.0. The van der Waals surface area contributed by atoms with E-state index in [1.165, 1.54) is 19.2 Å². The van der Waals surface area contributed by atoms with Gasteiger partial charge in [0.15, 0.2) is 0 Å². The van der Waals surface area contributed by atoms with Crippen molar-refractivity contribution >= 4 is 15.9 Å². The van der Waals surface area contributed by atoms with E-state index in [-0.39, 0.29) is 33.6 Å². The van der Waals surface area contributed by atoms with Crippen LogP contribution in [-0.2, 0) is 16.2 Å². The summed E-state index contributed by atoms with van der Waals surface area (Å²) >= 11 is 0. The van der Waals surface area contributed by atoms with Gasteiger partial charge in [0.05, 0.1) is 23.1 Å². The fourth-order valence-electron chi connectivity index (χ4n) is 3.67. The van der Waals surface area contributed by atoms with E-state index < -0.39 is 27.7 Å². The fraction of sp³-hybridized carbons (Fsp3) is 0.350. The van der Waals surface area contributed by atoms with Crippen molar-refractivity contribution in [3.63, 3.8) is 0 Å². The smallest absolute Gasteiger partial charge is 0.416 e. The lowest BCUT2D eigenvalue weighted by atomic mass is 10.0. The highest BCUT2D eigenvalue weighted by atomic mass is 32.2. The Balaban J connectivity index is 1.84. The molecule has 0 saturated heterocycles. The van der Waals surface area contributed by atoms with Crippen molar-refractivity contribution < 1.29 is 31.1 Å². The van der Waals surface area contributed by atoms with E-state index in [4.69, 9.17) is 9.88 Å². The van der Waals surface area contributed by atoms with E-state index in [0.717, 1.165) is 23.8 Å². The van der Waals surface area contributed by atoms with Crippen LogP contribution < -0.4 is 15.2 Å². The summed E-state index contributed by atoms with van der Waals surface area (Å²) in [6.07, 6.45) is -4.59. The second kappa shape index (κ2) is 7.28. The zero-order valence-corrected chi connectivity index (χ0v) is 17.3.